The van der Waals surface area contributed by atoms with Crippen LogP contribution in [-0.2, 0) is 4.74 Å². The zero-order valence-electron chi connectivity index (χ0n) is 7.13. The van der Waals surface area contributed by atoms with Crippen LogP contribution in [0.4, 0.5) is 0 Å². The van der Waals surface area contributed by atoms with Crippen LogP contribution in [-0.4, -0.2) is 38.0 Å². The molecule has 0 aliphatic carbocycles. The van der Waals surface area contributed by atoms with Crippen LogP contribution < -0.4 is 0 Å². The molecule has 3 heteroatoms. The molecule has 2 atom stereocenters. The van der Waals surface area contributed by atoms with E-state index >= 15 is 0 Å². The third-order valence-electron chi connectivity index (χ3n) is 1.40. The second-order valence-electron chi connectivity index (χ2n) is 2.54. The molecule has 0 aliphatic heterocycles. The van der Waals surface area contributed by atoms with E-state index in [1.807, 2.05) is 0 Å². The van der Waals surface area contributed by atoms with Crippen LogP contribution >= 0.6 is 9.24 Å². The summed E-state index contributed by atoms with van der Waals surface area (Å²) >= 11 is 0. The molecule has 0 aromatic carbocycles. The third-order valence-corrected chi connectivity index (χ3v) is 1.88. The van der Waals surface area contributed by atoms with Crippen LogP contribution in [0.5, 0.6) is 0 Å². The van der Waals surface area contributed by atoms with E-state index in [9.17, 15) is 0 Å². The molecule has 0 aromatic heterocycles. The maximum Gasteiger partial charge on any atom is 0.0830 e. The number of ether oxygens (including phenoxy) is 1. The first-order valence-corrected chi connectivity index (χ1v) is 4.34. The van der Waals surface area contributed by atoms with Gasteiger partial charge in [-0.05, 0) is 20.0 Å². The van der Waals surface area contributed by atoms with Gasteiger partial charge in [-0.1, -0.05) is 6.92 Å². The van der Waals surface area contributed by atoms with Crippen LogP contribution in [0.1, 0.15) is 13.3 Å². The van der Waals surface area contributed by atoms with Crippen molar-refractivity contribution >= 4 is 9.24 Å². The first kappa shape index (κ1) is 10.3. The summed E-state index contributed by atoms with van der Waals surface area (Å²) in [7, 11) is 6.51. The Balaban J connectivity index is 3.27. The molecule has 62 valence electrons. The van der Waals surface area contributed by atoms with E-state index in [4.69, 9.17) is 4.74 Å². The summed E-state index contributed by atoms with van der Waals surface area (Å²) in [5.74, 6) is 0.275. The lowest BCUT2D eigenvalue weighted by molar-refractivity contribution is 0.134. The van der Waals surface area contributed by atoms with Crippen molar-refractivity contribution in [3.63, 3.8) is 0 Å². The SMILES string of the molecule is CCCN(C)CC(P)OC. The molecule has 10 heavy (non-hydrogen) atoms. The molecule has 0 spiro atoms. The smallest absolute Gasteiger partial charge is 0.0830 e. The number of nitrogens with zero attached hydrogens (tertiary/aromatic N) is 1. The fourth-order valence-corrected chi connectivity index (χ4v) is 1.21. The van der Waals surface area contributed by atoms with E-state index in [0.29, 0.717) is 0 Å². The van der Waals surface area contributed by atoms with Gasteiger partial charge in [-0.3, -0.25) is 0 Å². The van der Waals surface area contributed by atoms with Gasteiger partial charge in [0.2, 0.25) is 0 Å². The molecule has 0 heterocycles. The molecule has 0 saturated heterocycles. The van der Waals surface area contributed by atoms with Gasteiger partial charge in [0.05, 0.1) is 5.85 Å². The summed E-state index contributed by atoms with van der Waals surface area (Å²) in [5.41, 5.74) is 0. The van der Waals surface area contributed by atoms with Crippen LogP contribution in [0.25, 0.3) is 0 Å². The van der Waals surface area contributed by atoms with Crippen LogP contribution in [0.3, 0.4) is 0 Å². The fraction of sp³-hybridized carbons (Fsp3) is 1.00. The Labute approximate surface area is 66.1 Å². The second kappa shape index (κ2) is 6.09. The summed E-state index contributed by atoms with van der Waals surface area (Å²) < 4.78 is 5.09. The van der Waals surface area contributed by atoms with E-state index in [2.05, 4.69) is 28.1 Å². The van der Waals surface area contributed by atoms with Gasteiger partial charge in [0.15, 0.2) is 0 Å². The van der Waals surface area contributed by atoms with E-state index in [-0.39, 0.29) is 5.85 Å². The number of likely N-dealkylation sites (N-methyl/N-ethyl adjacent to an activating group) is 1. The molecule has 0 aromatic rings. The van der Waals surface area contributed by atoms with Crippen molar-refractivity contribution < 1.29 is 4.74 Å². The van der Waals surface area contributed by atoms with Gasteiger partial charge in [0.1, 0.15) is 0 Å². The molecular weight excluding hydrogens is 145 g/mol. The van der Waals surface area contributed by atoms with Crippen molar-refractivity contribution in [3.8, 4) is 0 Å². The molecule has 0 rings (SSSR count). The zero-order valence-corrected chi connectivity index (χ0v) is 8.29. The number of methoxy groups -OCH3 is 1. The van der Waals surface area contributed by atoms with Crippen LogP contribution in [0.15, 0.2) is 0 Å². The van der Waals surface area contributed by atoms with Crippen molar-refractivity contribution in [1.29, 1.82) is 0 Å². The summed E-state index contributed by atoms with van der Waals surface area (Å²) in [4.78, 5) is 2.27. The molecule has 0 bridgehead atoms. The summed E-state index contributed by atoms with van der Waals surface area (Å²) in [6.45, 7) is 4.32. The second-order valence-corrected chi connectivity index (χ2v) is 3.28. The van der Waals surface area contributed by atoms with Gasteiger partial charge in [-0.2, -0.15) is 0 Å². The number of hydrogen-bond acceptors (Lipinski definition) is 2. The van der Waals surface area contributed by atoms with Gasteiger partial charge in [-0.25, -0.2) is 0 Å². The summed E-state index contributed by atoms with van der Waals surface area (Å²) in [6, 6.07) is 0. The quantitative estimate of drug-likeness (QED) is 0.564. The number of hydrogen-bond donors (Lipinski definition) is 0. The molecule has 0 N–H and O–H groups in total. The highest BCUT2D eigenvalue weighted by atomic mass is 31.0. The standard InChI is InChI=1S/C7H18NOP/c1-4-5-8(2)6-7(10)9-3/h7H,4-6,10H2,1-3H3. The largest absolute Gasteiger partial charge is 0.376 e. The lowest BCUT2D eigenvalue weighted by atomic mass is 10.4. The normalized spacial score (nSPS) is 14.1. The highest BCUT2D eigenvalue weighted by molar-refractivity contribution is 7.17. The Morgan fingerprint density at radius 3 is 2.60 bits per heavy atom. The van der Waals surface area contributed by atoms with E-state index < -0.39 is 0 Å². The lowest BCUT2D eigenvalue weighted by Gasteiger charge is -2.18. The molecule has 2 nitrogen and oxygen atoms in total. The Bertz CT molecular complexity index is 80.0. The summed E-state index contributed by atoms with van der Waals surface area (Å²) in [5, 5.41) is 0. The molecule has 0 fully saturated rings. The van der Waals surface area contributed by atoms with E-state index in [1.54, 1.807) is 7.11 Å². The highest BCUT2D eigenvalue weighted by Crippen LogP contribution is 2.01. The van der Waals surface area contributed by atoms with Crippen molar-refractivity contribution in [2.45, 2.75) is 19.2 Å². The molecule has 0 saturated carbocycles. The van der Waals surface area contributed by atoms with Crippen molar-refractivity contribution in [2.24, 2.45) is 0 Å². The summed E-state index contributed by atoms with van der Waals surface area (Å²) in [6.07, 6.45) is 1.21. The predicted molar refractivity (Wildman–Crippen MR) is 48.3 cm³/mol. The highest BCUT2D eigenvalue weighted by Gasteiger charge is 2.02. The van der Waals surface area contributed by atoms with Gasteiger partial charge < -0.3 is 9.64 Å². The zero-order chi connectivity index (χ0) is 7.98. The minimum Gasteiger partial charge on any atom is -0.376 e. The number of rotatable bonds is 5. The van der Waals surface area contributed by atoms with Crippen molar-refractivity contribution in [2.75, 3.05) is 27.2 Å². The van der Waals surface area contributed by atoms with E-state index in [1.165, 1.54) is 6.42 Å². The predicted octanol–water partition coefficient (Wildman–Crippen LogP) is 1.18. The Morgan fingerprint density at radius 1 is 1.60 bits per heavy atom. The Morgan fingerprint density at radius 2 is 2.20 bits per heavy atom. The Kier molecular flexibility index (Phi) is 6.30. The topological polar surface area (TPSA) is 12.5 Å². The monoisotopic (exact) mass is 163 g/mol. The first-order chi connectivity index (χ1) is 4.70. The maximum atomic E-state index is 5.09. The molecule has 0 amide bonds. The van der Waals surface area contributed by atoms with Gasteiger partial charge in [-0.15, -0.1) is 9.24 Å². The minimum atomic E-state index is 0.275. The maximum absolute atomic E-state index is 5.09. The van der Waals surface area contributed by atoms with Crippen molar-refractivity contribution in [3.05, 3.63) is 0 Å². The fourth-order valence-electron chi connectivity index (χ4n) is 0.855. The lowest BCUT2D eigenvalue weighted by Crippen LogP contribution is -2.27. The molecule has 0 radical (unpaired) electrons. The van der Waals surface area contributed by atoms with Crippen LogP contribution in [0.2, 0.25) is 0 Å². The van der Waals surface area contributed by atoms with Crippen LogP contribution in [0, 0.1) is 0 Å². The first-order valence-electron chi connectivity index (χ1n) is 3.67. The minimum absolute atomic E-state index is 0.275. The third kappa shape index (κ3) is 5.16. The molecular formula is C7H18NOP. The van der Waals surface area contributed by atoms with Gasteiger partial charge in [0.25, 0.3) is 0 Å². The molecule has 2 unspecified atom stereocenters. The van der Waals surface area contributed by atoms with Gasteiger partial charge >= 0.3 is 0 Å². The average Bonchev–Trinajstić information content (AvgIpc) is 1.88. The molecule has 0 aliphatic rings. The average molecular weight is 163 g/mol. The van der Waals surface area contributed by atoms with E-state index in [0.717, 1.165) is 13.1 Å². The van der Waals surface area contributed by atoms with Crippen molar-refractivity contribution in [1.82, 2.24) is 4.90 Å². The Hall–Kier alpha value is 0.350. The van der Waals surface area contributed by atoms with Gasteiger partial charge in [0, 0.05) is 13.7 Å².